The zero-order valence-corrected chi connectivity index (χ0v) is 10.7. The molecular formula is C14H13N3S. The van der Waals surface area contributed by atoms with Gasteiger partial charge < -0.3 is 5.32 Å². The second kappa shape index (κ2) is 5.14. The summed E-state index contributed by atoms with van der Waals surface area (Å²) in [5, 5.41) is 5.77. The quantitative estimate of drug-likeness (QED) is 0.777. The molecule has 0 aliphatic carbocycles. The van der Waals surface area contributed by atoms with Crippen LogP contribution in [0.2, 0.25) is 0 Å². The molecule has 0 fully saturated rings. The van der Waals surface area contributed by atoms with Crippen LogP contribution in [0, 0.1) is 0 Å². The topological polar surface area (TPSA) is 37.8 Å². The van der Waals surface area contributed by atoms with Gasteiger partial charge in [0.15, 0.2) is 0 Å². The maximum Gasteiger partial charge on any atom is 0.117 e. The van der Waals surface area contributed by atoms with Gasteiger partial charge in [-0.2, -0.15) is 4.37 Å². The molecule has 3 nitrogen and oxygen atoms in total. The van der Waals surface area contributed by atoms with Gasteiger partial charge in [0.2, 0.25) is 0 Å². The molecule has 3 aromatic rings. The number of fused-ring (bicyclic) bond motifs is 1. The lowest BCUT2D eigenvalue weighted by Gasteiger charge is -2.03. The van der Waals surface area contributed by atoms with E-state index in [0.717, 1.165) is 29.2 Å². The Bertz CT molecular complexity index is 634. The van der Waals surface area contributed by atoms with Gasteiger partial charge in [-0.25, -0.2) is 0 Å². The third-order valence-corrected chi connectivity index (χ3v) is 3.61. The van der Waals surface area contributed by atoms with Gasteiger partial charge in [0.25, 0.3) is 0 Å². The molecule has 0 aliphatic heterocycles. The van der Waals surface area contributed by atoms with Crippen LogP contribution in [0.1, 0.15) is 5.69 Å². The first-order chi connectivity index (χ1) is 8.93. The summed E-state index contributed by atoms with van der Waals surface area (Å²) >= 11 is 1.52. The van der Waals surface area contributed by atoms with E-state index in [9.17, 15) is 0 Å². The summed E-state index contributed by atoms with van der Waals surface area (Å²) in [5.74, 6) is 0. The average molecular weight is 255 g/mol. The smallest absolute Gasteiger partial charge is 0.117 e. The minimum absolute atomic E-state index is 0.878. The maximum absolute atomic E-state index is 4.41. The van der Waals surface area contributed by atoms with Crippen LogP contribution in [-0.2, 0) is 6.42 Å². The number of nitrogens with zero attached hydrogens (tertiary/aromatic N) is 2. The van der Waals surface area contributed by atoms with Crippen LogP contribution in [0.4, 0.5) is 5.00 Å². The van der Waals surface area contributed by atoms with Crippen molar-refractivity contribution in [3.63, 3.8) is 0 Å². The number of hydrogen-bond donors (Lipinski definition) is 1. The SMILES string of the molecule is c1ccc(CCNc2snc3ccccc23)nc1. The number of anilines is 1. The van der Waals surface area contributed by atoms with Crippen molar-refractivity contribution in [1.82, 2.24) is 9.36 Å². The van der Waals surface area contributed by atoms with E-state index in [2.05, 4.69) is 20.7 Å². The fourth-order valence-corrected chi connectivity index (χ4v) is 2.65. The zero-order chi connectivity index (χ0) is 12.2. The van der Waals surface area contributed by atoms with Gasteiger partial charge in [0, 0.05) is 30.2 Å². The van der Waals surface area contributed by atoms with Crippen molar-refractivity contribution in [2.45, 2.75) is 6.42 Å². The summed E-state index contributed by atoms with van der Waals surface area (Å²) in [7, 11) is 0. The van der Waals surface area contributed by atoms with E-state index in [-0.39, 0.29) is 0 Å². The van der Waals surface area contributed by atoms with Crippen LogP contribution < -0.4 is 5.32 Å². The van der Waals surface area contributed by atoms with Crippen molar-refractivity contribution >= 4 is 27.4 Å². The van der Waals surface area contributed by atoms with Gasteiger partial charge in [-0.1, -0.05) is 18.2 Å². The first-order valence-corrected chi connectivity index (χ1v) is 6.69. The lowest BCUT2D eigenvalue weighted by molar-refractivity contribution is 0.965. The van der Waals surface area contributed by atoms with Gasteiger partial charge in [-0.15, -0.1) is 0 Å². The van der Waals surface area contributed by atoms with Crippen molar-refractivity contribution in [2.75, 3.05) is 11.9 Å². The van der Waals surface area contributed by atoms with E-state index < -0.39 is 0 Å². The molecular weight excluding hydrogens is 242 g/mol. The van der Waals surface area contributed by atoms with Crippen molar-refractivity contribution < 1.29 is 0 Å². The number of rotatable bonds is 4. The number of benzene rings is 1. The Kier molecular flexibility index (Phi) is 3.19. The van der Waals surface area contributed by atoms with Gasteiger partial charge in [-0.05, 0) is 35.8 Å². The van der Waals surface area contributed by atoms with E-state index in [0.29, 0.717) is 0 Å². The highest BCUT2D eigenvalue weighted by molar-refractivity contribution is 7.11. The summed E-state index contributed by atoms with van der Waals surface area (Å²) in [6.07, 6.45) is 2.75. The molecule has 4 heteroatoms. The lowest BCUT2D eigenvalue weighted by atomic mass is 10.2. The number of aromatic nitrogens is 2. The van der Waals surface area contributed by atoms with Gasteiger partial charge >= 0.3 is 0 Å². The molecule has 3 rings (SSSR count). The van der Waals surface area contributed by atoms with Crippen LogP contribution in [0.5, 0.6) is 0 Å². The molecule has 0 amide bonds. The fourth-order valence-electron chi connectivity index (χ4n) is 1.87. The van der Waals surface area contributed by atoms with Crippen molar-refractivity contribution in [3.05, 3.63) is 54.4 Å². The first kappa shape index (κ1) is 11.2. The third-order valence-electron chi connectivity index (χ3n) is 2.78. The Morgan fingerprint density at radius 3 is 2.83 bits per heavy atom. The Morgan fingerprint density at radius 1 is 1.06 bits per heavy atom. The predicted molar refractivity (Wildman–Crippen MR) is 76.1 cm³/mol. The molecule has 18 heavy (non-hydrogen) atoms. The molecule has 90 valence electrons. The highest BCUT2D eigenvalue weighted by Crippen LogP contribution is 2.26. The molecule has 0 atom stereocenters. The molecule has 0 saturated carbocycles. The number of nitrogens with one attached hydrogen (secondary N) is 1. The molecule has 1 N–H and O–H groups in total. The van der Waals surface area contributed by atoms with Crippen LogP contribution in [0.3, 0.4) is 0 Å². The Morgan fingerprint density at radius 2 is 1.94 bits per heavy atom. The van der Waals surface area contributed by atoms with Crippen LogP contribution in [0.25, 0.3) is 10.9 Å². The summed E-state index contributed by atoms with van der Waals surface area (Å²) in [6, 6.07) is 14.2. The molecule has 0 aliphatic rings. The van der Waals surface area contributed by atoms with Gasteiger partial charge in [0.1, 0.15) is 5.00 Å². The maximum atomic E-state index is 4.41. The molecule has 0 spiro atoms. The summed E-state index contributed by atoms with van der Waals surface area (Å²) in [4.78, 5) is 4.31. The molecule has 1 aromatic carbocycles. The van der Waals surface area contributed by atoms with Crippen molar-refractivity contribution in [3.8, 4) is 0 Å². The van der Waals surface area contributed by atoms with E-state index in [4.69, 9.17) is 0 Å². The largest absolute Gasteiger partial charge is 0.375 e. The Balaban J connectivity index is 1.67. The number of hydrogen-bond acceptors (Lipinski definition) is 4. The zero-order valence-electron chi connectivity index (χ0n) is 9.84. The van der Waals surface area contributed by atoms with Crippen LogP contribution >= 0.6 is 11.5 Å². The molecule has 2 aromatic heterocycles. The summed E-state index contributed by atoms with van der Waals surface area (Å²) < 4.78 is 4.41. The lowest BCUT2D eigenvalue weighted by Crippen LogP contribution is -2.04. The van der Waals surface area contributed by atoms with E-state index >= 15 is 0 Å². The standard InChI is InChI=1S/C14H13N3S/c1-2-7-13-12(6-1)14(18-17-13)16-10-8-11-5-3-4-9-15-11/h1-7,9,16H,8,10H2. The second-order valence-corrected chi connectivity index (χ2v) is 4.80. The normalized spacial score (nSPS) is 10.7. The number of pyridine rings is 1. The Hall–Kier alpha value is -1.94. The first-order valence-electron chi connectivity index (χ1n) is 5.92. The molecule has 0 unspecified atom stereocenters. The fraction of sp³-hybridized carbons (Fsp3) is 0.143. The van der Waals surface area contributed by atoms with Gasteiger partial charge in [-0.3, -0.25) is 4.98 Å². The predicted octanol–water partition coefficient (Wildman–Crippen LogP) is 3.35. The highest BCUT2D eigenvalue weighted by atomic mass is 32.1. The minimum Gasteiger partial charge on any atom is -0.375 e. The second-order valence-electron chi connectivity index (χ2n) is 4.03. The molecule has 0 radical (unpaired) electrons. The highest BCUT2D eigenvalue weighted by Gasteiger charge is 2.04. The summed E-state index contributed by atoms with van der Waals surface area (Å²) in [5.41, 5.74) is 2.17. The van der Waals surface area contributed by atoms with Crippen molar-refractivity contribution in [1.29, 1.82) is 0 Å². The molecule has 2 heterocycles. The van der Waals surface area contributed by atoms with E-state index in [1.807, 2.05) is 42.6 Å². The monoisotopic (exact) mass is 255 g/mol. The minimum atomic E-state index is 0.878. The van der Waals surface area contributed by atoms with Gasteiger partial charge in [0.05, 0.1) is 5.52 Å². The van der Waals surface area contributed by atoms with E-state index in [1.165, 1.54) is 16.9 Å². The third kappa shape index (κ3) is 2.33. The van der Waals surface area contributed by atoms with E-state index in [1.54, 1.807) is 0 Å². The summed E-state index contributed by atoms with van der Waals surface area (Å²) in [6.45, 7) is 0.878. The van der Waals surface area contributed by atoms with Crippen LogP contribution in [0.15, 0.2) is 48.7 Å². The van der Waals surface area contributed by atoms with Crippen molar-refractivity contribution in [2.24, 2.45) is 0 Å². The molecule has 0 bridgehead atoms. The Labute approximate surface area is 110 Å². The molecule has 0 saturated heterocycles. The van der Waals surface area contributed by atoms with Crippen LogP contribution in [-0.4, -0.2) is 15.9 Å². The average Bonchev–Trinajstić information content (AvgIpc) is 2.84.